The van der Waals surface area contributed by atoms with Gasteiger partial charge in [-0.2, -0.15) is 0 Å². The fourth-order valence-electron chi connectivity index (χ4n) is 0.886. The molecular weight excluding hydrogens is 295 g/mol. The Hall–Kier alpha value is 0.536. The minimum atomic E-state index is -0.564. The Labute approximate surface area is 107 Å². The number of thioether (sulfide) groups is 1. The predicted octanol–water partition coefficient (Wildman–Crippen LogP) is 2.48. The number of aliphatic hydroxyl groups excluding tert-OH is 1. The van der Waals surface area contributed by atoms with Gasteiger partial charge in [-0.25, -0.2) is 0 Å². The molecule has 6 heteroatoms. The van der Waals surface area contributed by atoms with Gasteiger partial charge in [-0.05, 0) is 0 Å². The van der Waals surface area contributed by atoms with E-state index in [4.69, 9.17) is 0 Å². The third kappa shape index (κ3) is 5.42. The Bertz CT molecular complexity index is 337. The summed E-state index contributed by atoms with van der Waals surface area (Å²) in [5.74, 6) is 0.566. The summed E-state index contributed by atoms with van der Waals surface area (Å²) in [4.78, 5) is 11.3. The molecule has 87 valence electrons. The van der Waals surface area contributed by atoms with Crippen molar-refractivity contribution in [2.45, 2.75) is 16.7 Å². The van der Waals surface area contributed by atoms with Gasteiger partial charge in [0.15, 0.2) is 0 Å². The van der Waals surface area contributed by atoms with Crippen molar-refractivity contribution in [3.63, 3.8) is 0 Å². The molecule has 0 saturated heterocycles. The summed E-state index contributed by atoms with van der Waals surface area (Å²) in [5.41, 5.74) is 0. The van der Waals surface area contributed by atoms with Crippen LogP contribution in [0, 0.1) is 0 Å². The number of aliphatic hydroxyl groups is 1. The van der Waals surface area contributed by atoms with Gasteiger partial charge in [-0.3, -0.25) is 0 Å². The summed E-state index contributed by atoms with van der Waals surface area (Å²) in [6.07, 6.45) is 1.40. The van der Waals surface area contributed by atoms with Gasteiger partial charge in [-0.15, -0.1) is 0 Å². The first kappa shape index (κ1) is 13.6. The molecule has 1 heterocycles. The maximum atomic E-state index is 11.3. The zero-order valence-electron chi connectivity index (χ0n) is 8.14. The van der Waals surface area contributed by atoms with E-state index >= 15 is 0 Å². The standard InChI is InChI=1S/C9H12O2S3.Co/c1-12-8(11)5-7(10)6-14-9-3-2-4-13-9;/h2-4,7,10H,5-6H2,1H3;. The van der Waals surface area contributed by atoms with E-state index in [9.17, 15) is 9.90 Å². The SMILES string of the molecule is C[S](=[Co])C(=O)CC(O)CSc1cccs1. The van der Waals surface area contributed by atoms with Crippen LogP contribution in [-0.4, -0.2) is 28.3 Å². The van der Waals surface area contributed by atoms with E-state index in [1.807, 2.05) is 17.5 Å². The molecule has 0 aromatic carbocycles. The normalized spacial score (nSPS) is 14.9. The van der Waals surface area contributed by atoms with Crippen molar-refractivity contribution in [3.8, 4) is 0 Å². The predicted molar refractivity (Wildman–Crippen MR) is 64.2 cm³/mol. The average Bonchev–Trinajstić information content (AvgIpc) is 2.66. The Morgan fingerprint density at radius 1 is 1.80 bits per heavy atom. The fourth-order valence-corrected chi connectivity index (χ4v) is 3.30. The van der Waals surface area contributed by atoms with Gasteiger partial charge in [-0.1, -0.05) is 0 Å². The number of hydrogen-bond donors (Lipinski definition) is 1. The Kier molecular flexibility index (Phi) is 6.33. The summed E-state index contributed by atoms with van der Waals surface area (Å²) in [7, 11) is -0.539. The van der Waals surface area contributed by atoms with Crippen molar-refractivity contribution in [3.05, 3.63) is 17.5 Å². The van der Waals surface area contributed by atoms with Crippen molar-refractivity contribution >= 4 is 37.1 Å². The molecule has 1 aromatic heterocycles. The van der Waals surface area contributed by atoms with Crippen LogP contribution >= 0.6 is 32.0 Å². The first-order chi connectivity index (χ1) is 7.09. The Morgan fingerprint density at radius 3 is 3.07 bits per heavy atom. The van der Waals surface area contributed by atoms with E-state index in [2.05, 4.69) is 14.1 Å². The van der Waals surface area contributed by atoms with Crippen molar-refractivity contribution < 1.29 is 24.0 Å². The van der Waals surface area contributed by atoms with Gasteiger partial charge in [0.2, 0.25) is 0 Å². The third-order valence-corrected chi connectivity index (χ3v) is 5.38. The fraction of sp³-hybridized carbons (Fsp3) is 0.444. The average molecular weight is 307 g/mol. The van der Waals surface area contributed by atoms with Crippen LogP contribution in [0.15, 0.2) is 21.7 Å². The number of hydrogen-bond acceptors (Lipinski definition) is 4. The first-order valence-corrected chi connectivity index (χ1v) is 8.91. The Morgan fingerprint density at radius 2 is 2.53 bits per heavy atom. The summed E-state index contributed by atoms with van der Waals surface area (Å²) >= 11 is 7.33. The van der Waals surface area contributed by atoms with Crippen molar-refractivity contribution in [1.82, 2.24) is 0 Å². The van der Waals surface area contributed by atoms with Crippen LogP contribution in [0.1, 0.15) is 6.42 Å². The van der Waals surface area contributed by atoms with Crippen LogP contribution in [-0.2, 0) is 18.9 Å². The maximum absolute atomic E-state index is 11.3. The van der Waals surface area contributed by atoms with E-state index in [1.165, 1.54) is 4.21 Å². The second-order valence-electron chi connectivity index (χ2n) is 2.88. The molecule has 0 aliphatic carbocycles. The first-order valence-electron chi connectivity index (χ1n) is 4.27. The summed E-state index contributed by atoms with van der Waals surface area (Å²) in [6.45, 7) is 0. The second-order valence-corrected chi connectivity index (χ2v) is 8.33. The minimum absolute atomic E-state index is 0.0225. The molecule has 0 fully saturated rings. The molecule has 0 amide bonds. The van der Waals surface area contributed by atoms with Crippen LogP contribution in [0.5, 0.6) is 0 Å². The molecule has 0 spiro atoms. The van der Waals surface area contributed by atoms with Gasteiger partial charge >= 0.3 is 107 Å². The van der Waals surface area contributed by atoms with E-state index in [0.29, 0.717) is 5.75 Å². The molecule has 0 aliphatic heterocycles. The van der Waals surface area contributed by atoms with Crippen LogP contribution in [0.2, 0.25) is 0 Å². The molecule has 1 N–H and O–H groups in total. The molecule has 2 atom stereocenters. The van der Waals surface area contributed by atoms with Crippen molar-refractivity contribution in [1.29, 1.82) is 0 Å². The molecule has 0 radical (unpaired) electrons. The van der Waals surface area contributed by atoms with Crippen molar-refractivity contribution in [2.24, 2.45) is 0 Å². The van der Waals surface area contributed by atoms with Crippen LogP contribution in [0.4, 0.5) is 0 Å². The quantitative estimate of drug-likeness (QED) is 0.849. The van der Waals surface area contributed by atoms with Gasteiger partial charge in [0, 0.05) is 0 Å². The number of thiophene rings is 1. The van der Waals surface area contributed by atoms with Gasteiger partial charge in [0.05, 0.1) is 0 Å². The zero-order valence-corrected chi connectivity index (χ0v) is 11.6. The number of carbonyl (C=O) groups excluding carboxylic acids is 1. The van der Waals surface area contributed by atoms with Crippen LogP contribution in [0.3, 0.4) is 0 Å². The number of carbonyl (C=O) groups is 1. The van der Waals surface area contributed by atoms with E-state index < -0.39 is 15.0 Å². The summed E-state index contributed by atoms with van der Waals surface area (Å²) in [6, 6.07) is 3.98. The molecule has 1 aromatic rings. The van der Waals surface area contributed by atoms with E-state index in [-0.39, 0.29) is 11.5 Å². The molecular formula is C9H12CoO2S3. The molecule has 15 heavy (non-hydrogen) atoms. The van der Waals surface area contributed by atoms with Crippen LogP contribution < -0.4 is 0 Å². The van der Waals surface area contributed by atoms with Crippen LogP contribution in [0.25, 0.3) is 0 Å². The summed E-state index contributed by atoms with van der Waals surface area (Å²) < 4.78 is 1.17. The van der Waals surface area contributed by atoms with Gasteiger partial charge in [0.25, 0.3) is 0 Å². The van der Waals surface area contributed by atoms with E-state index in [0.717, 1.165) is 0 Å². The topological polar surface area (TPSA) is 37.3 Å². The second kappa shape index (κ2) is 6.98. The third-order valence-electron chi connectivity index (χ3n) is 1.62. The molecule has 2 unspecified atom stereocenters. The monoisotopic (exact) mass is 307 g/mol. The molecule has 0 saturated carbocycles. The van der Waals surface area contributed by atoms with Crippen molar-refractivity contribution in [2.75, 3.05) is 12.0 Å². The molecule has 0 bridgehead atoms. The summed E-state index contributed by atoms with van der Waals surface area (Å²) in [5, 5.41) is 11.6. The van der Waals surface area contributed by atoms with Gasteiger partial charge < -0.3 is 0 Å². The molecule has 2 nitrogen and oxygen atoms in total. The Balaban J connectivity index is 2.27. The van der Waals surface area contributed by atoms with E-state index in [1.54, 1.807) is 29.4 Å². The number of rotatable bonds is 5. The molecule has 1 rings (SSSR count). The molecule has 0 aliphatic rings. The zero-order chi connectivity index (χ0) is 11.3. The van der Waals surface area contributed by atoms with Gasteiger partial charge in [0.1, 0.15) is 0 Å².